The molecule has 132 valence electrons. The zero-order chi connectivity index (χ0) is 18.4. The highest BCUT2D eigenvalue weighted by Gasteiger charge is 2.11. The Hall–Kier alpha value is -2.12. The van der Waals surface area contributed by atoms with E-state index in [-0.39, 0.29) is 18.0 Å². The monoisotopic (exact) mass is 426 g/mol. The predicted molar refractivity (Wildman–Crippen MR) is 100 cm³/mol. The van der Waals surface area contributed by atoms with E-state index < -0.39 is 4.92 Å². The molecule has 0 aliphatic carbocycles. The zero-order valence-electron chi connectivity index (χ0n) is 13.4. The number of carbonyl (C=O) groups excluding carboxylic acids is 1. The molecular formula is C17H16BrClN2O4. The van der Waals surface area contributed by atoms with Gasteiger partial charge in [-0.25, -0.2) is 0 Å². The van der Waals surface area contributed by atoms with Crippen LogP contribution < -0.4 is 10.1 Å². The normalized spacial score (nSPS) is 10.4. The summed E-state index contributed by atoms with van der Waals surface area (Å²) in [5.74, 6) is 0.519. The molecule has 0 aromatic heterocycles. The molecule has 0 aliphatic heterocycles. The van der Waals surface area contributed by atoms with Crippen molar-refractivity contribution < 1.29 is 14.5 Å². The van der Waals surface area contributed by atoms with Crippen molar-refractivity contribution in [2.45, 2.75) is 19.8 Å². The van der Waals surface area contributed by atoms with Crippen LogP contribution in [0.25, 0.3) is 0 Å². The van der Waals surface area contributed by atoms with Gasteiger partial charge in [0.05, 0.1) is 17.2 Å². The third-order valence-electron chi connectivity index (χ3n) is 3.38. The van der Waals surface area contributed by atoms with Gasteiger partial charge in [-0.1, -0.05) is 11.6 Å². The number of rotatable bonds is 7. The first-order valence-corrected chi connectivity index (χ1v) is 8.66. The summed E-state index contributed by atoms with van der Waals surface area (Å²) in [6.07, 6.45) is 0.814. The standard InChI is InChI=1S/C17H16BrClN2O4/c1-11-9-13(5-6-15(11)19)25-8-2-3-17(22)20-16-7-4-12(21(23)24)10-14(16)18/h4-7,9-10H,2-3,8H2,1H3,(H,20,22). The Kier molecular flexibility index (Phi) is 6.78. The molecule has 0 atom stereocenters. The Bertz CT molecular complexity index is 798. The molecule has 1 amide bonds. The van der Waals surface area contributed by atoms with Gasteiger partial charge in [0.2, 0.25) is 5.91 Å². The number of halogens is 2. The number of nitro groups is 1. The van der Waals surface area contributed by atoms with Crippen LogP contribution in [0.2, 0.25) is 5.02 Å². The van der Waals surface area contributed by atoms with Gasteiger partial charge in [-0.3, -0.25) is 14.9 Å². The zero-order valence-corrected chi connectivity index (χ0v) is 15.8. The molecule has 0 heterocycles. The average Bonchev–Trinajstić information content (AvgIpc) is 2.56. The molecule has 2 aromatic carbocycles. The topological polar surface area (TPSA) is 81.5 Å². The molecule has 0 spiro atoms. The number of ether oxygens (including phenoxy) is 1. The highest BCUT2D eigenvalue weighted by Crippen LogP contribution is 2.27. The Balaban J connectivity index is 1.79. The number of nitrogens with one attached hydrogen (secondary N) is 1. The molecule has 2 rings (SSSR count). The number of carbonyl (C=O) groups is 1. The summed E-state index contributed by atoms with van der Waals surface area (Å²) >= 11 is 9.17. The van der Waals surface area contributed by atoms with Gasteiger partial charge in [0.25, 0.3) is 5.69 Å². The predicted octanol–water partition coefficient (Wildman–Crippen LogP) is 5.12. The highest BCUT2D eigenvalue weighted by molar-refractivity contribution is 9.10. The number of anilines is 1. The third kappa shape index (κ3) is 5.72. The van der Waals surface area contributed by atoms with Crippen molar-refractivity contribution in [3.05, 3.63) is 61.6 Å². The van der Waals surface area contributed by atoms with Crippen molar-refractivity contribution in [3.8, 4) is 5.75 Å². The van der Waals surface area contributed by atoms with E-state index in [1.165, 1.54) is 18.2 Å². The maximum atomic E-state index is 12.0. The minimum atomic E-state index is -0.494. The minimum absolute atomic E-state index is 0.0449. The van der Waals surface area contributed by atoms with Gasteiger partial charge < -0.3 is 10.1 Å². The van der Waals surface area contributed by atoms with Gasteiger partial charge in [-0.2, -0.15) is 0 Å². The van der Waals surface area contributed by atoms with Crippen LogP contribution >= 0.6 is 27.5 Å². The van der Waals surface area contributed by atoms with E-state index in [2.05, 4.69) is 21.2 Å². The van der Waals surface area contributed by atoms with Gasteiger partial charge in [0.1, 0.15) is 5.75 Å². The fourth-order valence-electron chi connectivity index (χ4n) is 2.06. The molecule has 1 N–H and O–H groups in total. The number of hydrogen-bond donors (Lipinski definition) is 1. The van der Waals surface area contributed by atoms with E-state index in [1.54, 1.807) is 12.1 Å². The minimum Gasteiger partial charge on any atom is -0.494 e. The van der Waals surface area contributed by atoms with E-state index in [0.717, 1.165) is 5.56 Å². The lowest BCUT2D eigenvalue weighted by Crippen LogP contribution is -2.13. The first-order valence-electron chi connectivity index (χ1n) is 7.49. The van der Waals surface area contributed by atoms with Crippen LogP contribution in [0.4, 0.5) is 11.4 Å². The second-order valence-corrected chi connectivity index (χ2v) is 6.59. The fourth-order valence-corrected chi connectivity index (χ4v) is 2.64. The summed E-state index contributed by atoms with van der Waals surface area (Å²) in [6, 6.07) is 9.58. The molecule has 25 heavy (non-hydrogen) atoms. The van der Waals surface area contributed by atoms with Crippen LogP contribution in [0, 0.1) is 17.0 Å². The van der Waals surface area contributed by atoms with E-state index in [4.69, 9.17) is 16.3 Å². The number of benzene rings is 2. The quantitative estimate of drug-likeness (QED) is 0.378. The first kappa shape index (κ1) is 19.2. The Morgan fingerprint density at radius 1 is 1.32 bits per heavy atom. The molecule has 0 bridgehead atoms. The number of amides is 1. The number of hydrogen-bond acceptors (Lipinski definition) is 4. The molecule has 0 saturated carbocycles. The van der Waals surface area contributed by atoms with Crippen LogP contribution in [0.1, 0.15) is 18.4 Å². The van der Waals surface area contributed by atoms with E-state index in [1.807, 2.05) is 13.0 Å². The van der Waals surface area contributed by atoms with Crippen LogP contribution in [0.3, 0.4) is 0 Å². The summed E-state index contributed by atoms with van der Waals surface area (Å²) in [7, 11) is 0. The summed E-state index contributed by atoms with van der Waals surface area (Å²) in [5.41, 5.74) is 1.38. The van der Waals surface area contributed by atoms with Gasteiger partial charge in [0.15, 0.2) is 0 Å². The molecule has 0 fully saturated rings. The van der Waals surface area contributed by atoms with Gasteiger partial charge in [-0.15, -0.1) is 0 Å². The number of nitro benzene ring substituents is 1. The summed E-state index contributed by atoms with van der Waals surface area (Å²) in [5, 5.41) is 14.1. The fraction of sp³-hybridized carbons (Fsp3) is 0.235. The lowest BCUT2D eigenvalue weighted by atomic mass is 10.2. The molecule has 8 heteroatoms. The lowest BCUT2D eigenvalue weighted by Gasteiger charge is -2.09. The highest BCUT2D eigenvalue weighted by atomic mass is 79.9. The molecule has 0 radical (unpaired) electrons. The second-order valence-electron chi connectivity index (χ2n) is 5.33. The molecule has 2 aromatic rings. The first-order chi connectivity index (χ1) is 11.9. The second kappa shape index (κ2) is 8.82. The molecule has 0 aliphatic rings. The average molecular weight is 428 g/mol. The maximum absolute atomic E-state index is 12.0. The largest absolute Gasteiger partial charge is 0.494 e. The SMILES string of the molecule is Cc1cc(OCCCC(=O)Nc2ccc([N+](=O)[O-])cc2Br)ccc1Cl. The van der Waals surface area contributed by atoms with E-state index >= 15 is 0 Å². The molecular weight excluding hydrogens is 412 g/mol. The Morgan fingerprint density at radius 3 is 2.72 bits per heavy atom. The van der Waals surface area contributed by atoms with Crippen molar-refractivity contribution in [3.63, 3.8) is 0 Å². The van der Waals surface area contributed by atoms with Crippen molar-refractivity contribution in [1.29, 1.82) is 0 Å². The van der Waals surface area contributed by atoms with E-state index in [9.17, 15) is 14.9 Å². The number of non-ortho nitro benzene ring substituents is 1. The summed E-state index contributed by atoms with van der Waals surface area (Å²) in [4.78, 5) is 22.2. The number of aryl methyl sites for hydroxylation is 1. The van der Waals surface area contributed by atoms with Gasteiger partial charge in [0, 0.05) is 28.0 Å². The van der Waals surface area contributed by atoms with Crippen LogP contribution in [0.5, 0.6) is 5.75 Å². The lowest BCUT2D eigenvalue weighted by molar-refractivity contribution is -0.384. The van der Waals surface area contributed by atoms with Crippen molar-refractivity contribution >= 4 is 44.8 Å². The van der Waals surface area contributed by atoms with Crippen molar-refractivity contribution in [2.75, 3.05) is 11.9 Å². The third-order valence-corrected chi connectivity index (χ3v) is 4.46. The summed E-state index contributed by atoms with van der Waals surface area (Å²) < 4.78 is 6.05. The molecule has 0 saturated heterocycles. The smallest absolute Gasteiger partial charge is 0.270 e. The molecule has 6 nitrogen and oxygen atoms in total. The van der Waals surface area contributed by atoms with Crippen molar-refractivity contribution in [2.24, 2.45) is 0 Å². The maximum Gasteiger partial charge on any atom is 0.270 e. The van der Waals surface area contributed by atoms with Gasteiger partial charge >= 0.3 is 0 Å². The van der Waals surface area contributed by atoms with Crippen molar-refractivity contribution in [1.82, 2.24) is 0 Å². The molecule has 0 unspecified atom stereocenters. The number of nitrogens with zero attached hydrogens (tertiary/aromatic N) is 1. The summed E-state index contributed by atoms with van der Waals surface area (Å²) in [6.45, 7) is 2.29. The Morgan fingerprint density at radius 2 is 2.08 bits per heavy atom. The van der Waals surface area contributed by atoms with Crippen LogP contribution in [-0.2, 0) is 4.79 Å². The van der Waals surface area contributed by atoms with E-state index in [0.29, 0.717) is 34.0 Å². The Labute approximate surface area is 158 Å². The van der Waals surface area contributed by atoms with Gasteiger partial charge in [-0.05, 0) is 59.1 Å². The van der Waals surface area contributed by atoms with Crippen LogP contribution in [-0.4, -0.2) is 17.4 Å². The van der Waals surface area contributed by atoms with Crippen LogP contribution in [0.15, 0.2) is 40.9 Å².